The van der Waals surface area contributed by atoms with Crippen molar-refractivity contribution in [3.8, 4) is 0 Å². The molecule has 0 spiro atoms. The van der Waals surface area contributed by atoms with Crippen LogP contribution in [0.25, 0.3) is 0 Å². The summed E-state index contributed by atoms with van der Waals surface area (Å²) in [6, 6.07) is -3.72. The van der Waals surface area contributed by atoms with Gasteiger partial charge in [-0.15, -0.1) is 0 Å². The van der Waals surface area contributed by atoms with Crippen LogP contribution in [0.3, 0.4) is 0 Å². The van der Waals surface area contributed by atoms with Gasteiger partial charge in [0.2, 0.25) is 17.7 Å². The minimum Gasteiger partial charge on any atom is -0.480 e. The third-order valence-corrected chi connectivity index (χ3v) is 5.89. The molecule has 34 heavy (non-hydrogen) atoms. The topological polar surface area (TPSA) is 232 Å². The third-order valence-electron chi connectivity index (χ3n) is 5.49. The third kappa shape index (κ3) is 9.73. The lowest BCUT2D eigenvalue weighted by atomic mass is 10.1. The van der Waals surface area contributed by atoms with Gasteiger partial charge in [0, 0.05) is 18.8 Å². The molecule has 3 amide bonds. The van der Waals surface area contributed by atoms with Crippen LogP contribution < -0.4 is 33.6 Å². The van der Waals surface area contributed by atoms with E-state index in [9.17, 15) is 24.3 Å². The molecule has 13 nitrogen and oxygen atoms in total. The molecule has 0 aliphatic carbocycles. The van der Waals surface area contributed by atoms with Crippen LogP contribution in [0.4, 0.5) is 0 Å². The van der Waals surface area contributed by atoms with Gasteiger partial charge in [-0.05, 0) is 51.5 Å². The molecule has 0 aromatic rings. The second kappa shape index (κ2) is 15.3. The quantitative estimate of drug-likeness (QED) is 0.0509. The fourth-order valence-corrected chi connectivity index (χ4v) is 3.81. The lowest BCUT2D eigenvalue weighted by Crippen LogP contribution is -2.56. The van der Waals surface area contributed by atoms with E-state index in [1.807, 2.05) is 0 Å². The maximum atomic E-state index is 13.0. The summed E-state index contributed by atoms with van der Waals surface area (Å²) in [6.45, 7) is 1.02. The number of unbranched alkanes of at least 4 members (excludes halogenated alkanes) is 1. The number of amides is 3. The van der Waals surface area contributed by atoms with E-state index >= 15 is 0 Å². The van der Waals surface area contributed by atoms with Crippen LogP contribution in [0.2, 0.25) is 0 Å². The number of nitrogens with zero attached hydrogens (tertiary/aromatic N) is 2. The Morgan fingerprint density at radius 2 is 1.76 bits per heavy atom. The zero-order valence-corrected chi connectivity index (χ0v) is 20.2. The number of hydrogen-bond acceptors (Lipinski definition) is 8. The van der Waals surface area contributed by atoms with Gasteiger partial charge in [0.15, 0.2) is 5.96 Å². The van der Waals surface area contributed by atoms with Gasteiger partial charge in [-0.2, -0.15) is 12.6 Å². The molecular formula is C20H38N8O5S. The molecule has 11 N–H and O–H groups in total. The number of nitrogens with two attached hydrogens (primary N) is 4. The average Bonchev–Trinajstić information content (AvgIpc) is 3.29. The molecule has 0 aromatic heterocycles. The summed E-state index contributed by atoms with van der Waals surface area (Å²) in [5.74, 6) is -2.64. The predicted molar refractivity (Wildman–Crippen MR) is 131 cm³/mol. The van der Waals surface area contributed by atoms with Crippen LogP contribution in [-0.4, -0.2) is 89.2 Å². The van der Waals surface area contributed by atoms with Crippen molar-refractivity contribution in [3.63, 3.8) is 0 Å². The summed E-state index contributed by atoms with van der Waals surface area (Å²) in [5.41, 5.74) is 21.8. The highest BCUT2D eigenvalue weighted by atomic mass is 32.1. The summed E-state index contributed by atoms with van der Waals surface area (Å²) >= 11 is 4.04. The molecule has 1 aliphatic heterocycles. The standard InChI is InChI=1S/C20H38N8O5S/c21-8-2-1-5-13(16(29)27-14(19(32)33)6-3-9-25-20(23)24)26-17(30)15-7-4-10-28(15)18(31)12(22)11-34/h12-15,34H,1-11,21-22H2,(H,26,30)(H,27,29)(H,32,33)(H4,23,24,25). The molecule has 1 rings (SSSR count). The molecule has 194 valence electrons. The summed E-state index contributed by atoms with van der Waals surface area (Å²) in [6.07, 6.45) is 2.96. The van der Waals surface area contributed by atoms with Gasteiger partial charge in [-0.3, -0.25) is 19.4 Å². The summed E-state index contributed by atoms with van der Waals surface area (Å²) in [4.78, 5) is 55.2. The summed E-state index contributed by atoms with van der Waals surface area (Å²) < 4.78 is 0. The number of hydrogen-bond donors (Lipinski definition) is 8. The van der Waals surface area contributed by atoms with Gasteiger partial charge >= 0.3 is 5.97 Å². The highest BCUT2D eigenvalue weighted by molar-refractivity contribution is 7.80. The van der Waals surface area contributed by atoms with E-state index in [0.29, 0.717) is 45.2 Å². The molecule has 1 heterocycles. The molecule has 4 unspecified atom stereocenters. The van der Waals surface area contributed by atoms with Crippen molar-refractivity contribution in [1.82, 2.24) is 15.5 Å². The van der Waals surface area contributed by atoms with Crippen LogP contribution >= 0.6 is 12.6 Å². The Morgan fingerprint density at radius 1 is 1.09 bits per heavy atom. The number of nitrogens with one attached hydrogen (secondary N) is 2. The monoisotopic (exact) mass is 502 g/mol. The average molecular weight is 503 g/mol. The molecule has 0 aromatic carbocycles. The molecule has 4 atom stereocenters. The number of carbonyl (C=O) groups excluding carboxylic acids is 3. The number of likely N-dealkylation sites (tertiary alicyclic amines) is 1. The zero-order valence-electron chi connectivity index (χ0n) is 19.3. The molecule has 0 radical (unpaired) electrons. The van der Waals surface area contributed by atoms with Crippen molar-refractivity contribution in [1.29, 1.82) is 0 Å². The van der Waals surface area contributed by atoms with E-state index in [1.165, 1.54) is 4.90 Å². The minimum absolute atomic E-state index is 0.103. The highest BCUT2D eigenvalue weighted by Gasteiger charge is 2.37. The molecule has 14 heteroatoms. The number of carbonyl (C=O) groups is 4. The Kier molecular flexibility index (Phi) is 13.3. The predicted octanol–water partition coefficient (Wildman–Crippen LogP) is -2.53. The fourth-order valence-electron chi connectivity index (χ4n) is 3.66. The minimum atomic E-state index is -1.21. The maximum Gasteiger partial charge on any atom is 0.326 e. The Hall–Kier alpha value is -2.58. The van der Waals surface area contributed by atoms with E-state index < -0.39 is 42.0 Å². The Bertz CT molecular complexity index is 734. The fraction of sp³-hybridized carbons (Fsp3) is 0.750. The van der Waals surface area contributed by atoms with Gasteiger partial charge in [0.25, 0.3) is 0 Å². The highest BCUT2D eigenvalue weighted by Crippen LogP contribution is 2.19. The van der Waals surface area contributed by atoms with E-state index in [0.717, 1.165) is 0 Å². The van der Waals surface area contributed by atoms with Crippen molar-refractivity contribution in [2.75, 3.05) is 25.4 Å². The van der Waals surface area contributed by atoms with E-state index in [-0.39, 0.29) is 37.0 Å². The number of thiol groups is 1. The molecule has 1 fully saturated rings. The van der Waals surface area contributed by atoms with Crippen LogP contribution in [0.1, 0.15) is 44.9 Å². The van der Waals surface area contributed by atoms with Crippen LogP contribution in [-0.2, 0) is 19.2 Å². The van der Waals surface area contributed by atoms with Gasteiger partial charge < -0.3 is 43.6 Å². The van der Waals surface area contributed by atoms with Crippen molar-refractivity contribution in [2.45, 2.75) is 69.1 Å². The lowest BCUT2D eigenvalue weighted by molar-refractivity contribution is -0.143. The number of rotatable bonds is 15. The second-order valence-corrected chi connectivity index (χ2v) is 8.54. The first-order valence-electron chi connectivity index (χ1n) is 11.4. The van der Waals surface area contributed by atoms with Crippen LogP contribution in [0.5, 0.6) is 0 Å². The first kappa shape index (κ1) is 29.5. The Labute approximate surface area is 204 Å². The first-order valence-corrected chi connectivity index (χ1v) is 12.0. The second-order valence-electron chi connectivity index (χ2n) is 8.17. The van der Waals surface area contributed by atoms with Crippen molar-refractivity contribution < 1.29 is 24.3 Å². The van der Waals surface area contributed by atoms with Gasteiger partial charge in [-0.25, -0.2) is 4.79 Å². The van der Waals surface area contributed by atoms with Gasteiger partial charge in [0.05, 0.1) is 6.04 Å². The van der Waals surface area contributed by atoms with E-state index in [2.05, 4.69) is 28.3 Å². The first-order chi connectivity index (χ1) is 16.1. The molecule has 1 saturated heterocycles. The number of carboxylic acid groups (broad SMARTS) is 1. The van der Waals surface area contributed by atoms with Crippen LogP contribution in [0.15, 0.2) is 4.99 Å². The zero-order chi connectivity index (χ0) is 25.7. The van der Waals surface area contributed by atoms with Crippen molar-refractivity contribution in [3.05, 3.63) is 0 Å². The summed E-state index contributed by atoms with van der Waals surface area (Å²) in [7, 11) is 0. The van der Waals surface area contributed by atoms with Crippen molar-refractivity contribution >= 4 is 42.3 Å². The van der Waals surface area contributed by atoms with Crippen molar-refractivity contribution in [2.24, 2.45) is 27.9 Å². The lowest BCUT2D eigenvalue weighted by Gasteiger charge is -2.28. The molecule has 1 aliphatic rings. The van der Waals surface area contributed by atoms with Gasteiger partial charge in [-0.1, -0.05) is 0 Å². The molecule has 0 bridgehead atoms. The largest absolute Gasteiger partial charge is 0.480 e. The van der Waals surface area contributed by atoms with E-state index in [4.69, 9.17) is 22.9 Å². The number of aliphatic imine (C=N–C) groups is 1. The number of carboxylic acids is 1. The molecular weight excluding hydrogens is 464 g/mol. The van der Waals surface area contributed by atoms with Crippen LogP contribution in [0, 0.1) is 0 Å². The smallest absolute Gasteiger partial charge is 0.326 e. The maximum absolute atomic E-state index is 13.0. The number of aliphatic carboxylic acids is 1. The SMILES string of the molecule is NCCCCC(NC(=O)C1CCCN1C(=O)C(N)CS)C(=O)NC(CCCN=C(N)N)C(=O)O. The normalized spacial score (nSPS) is 18.0. The Balaban J connectivity index is 2.86. The van der Waals surface area contributed by atoms with E-state index in [1.54, 1.807) is 0 Å². The van der Waals surface area contributed by atoms with Gasteiger partial charge in [0.1, 0.15) is 18.1 Å². The Morgan fingerprint density at radius 3 is 2.35 bits per heavy atom. The molecule has 0 saturated carbocycles. The summed E-state index contributed by atoms with van der Waals surface area (Å²) in [5, 5.41) is 14.7. The number of guanidine groups is 1.